The molecule has 15 heavy (non-hydrogen) atoms. The molecule has 0 radical (unpaired) electrons. The predicted octanol–water partition coefficient (Wildman–Crippen LogP) is 0.597. The number of likely N-dealkylation sites (N-methyl/N-ethyl adjacent to an activating group) is 1. The third-order valence-corrected chi connectivity index (χ3v) is 2.28. The highest BCUT2D eigenvalue weighted by Crippen LogP contribution is 2.17. The highest BCUT2D eigenvalue weighted by atomic mass is 16.4. The van der Waals surface area contributed by atoms with Gasteiger partial charge in [0.25, 0.3) is 0 Å². The summed E-state index contributed by atoms with van der Waals surface area (Å²) in [4.78, 5) is 16.6. The number of hydrogen-bond donors (Lipinski definition) is 2. The number of aliphatic hydroxyl groups is 1. The Bertz CT molecular complexity index is 354. The van der Waals surface area contributed by atoms with E-state index in [1.807, 2.05) is 0 Å². The van der Waals surface area contributed by atoms with E-state index in [0.717, 1.165) is 0 Å². The van der Waals surface area contributed by atoms with Gasteiger partial charge < -0.3 is 15.1 Å². The summed E-state index contributed by atoms with van der Waals surface area (Å²) in [5.74, 6) is -0.651. The van der Waals surface area contributed by atoms with Crippen molar-refractivity contribution in [1.82, 2.24) is 4.98 Å². The molecular formula is C10H14N2O3. The van der Waals surface area contributed by atoms with E-state index in [9.17, 15) is 4.79 Å². The molecule has 0 saturated carbocycles. The smallest absolute Gasteiger partial charge is 0.339 e. The first-order chi connectivity index (χ1) is 7.07. The Hall–Kier alpha value is -1.62. The van der Waals surface area contributed by atoms with Crippen molar-refractivity contribution in [3.8, 4) is 0 Å². The highest BCUT2D eigenvalue weighted by molar-refractivity contribution is 5.93. The maximum absolute atomic E-state index is 10.9. The zero-order valence-electron chi connectivity index (χ0n) is 8.71. The standard InChI is InChI=1S/C10H14N2O3/c1-7(6-13)12(2)9-8(10(14)15)4-3-5-11-9/h3-5,7,13H,6H2,1-2H3,(H,14,15). The summed E-state index contributed by atoms with van der Waals surface area (Å²) in [7, 11) is 1.70. The van der Waals surface area contributed by atoms with E-state index in [1.54, 1.807) is 24.9 Å². The Balaban J connectivity index is 3.07. The Morgan fingerprint density at radius 1 is 1.67 bits per heavy atom. The fourth-order valence-electron chi connectivity index (χ4n) is 1.18. The normalized spacial score (nSPS) is 12.2. The van der Waals surface area contributed by atoms with Crippen LogP contribution in [-0.2, 0) is 0 Å². The number of aromatic nitrogens is 1. The number of pyridine rings is 1. The van der Waals surface area contributed by atoms with Crippen molar-refractivity contribution in [2.24, 2.45) is 0 Å². The van der Waals surface area contributed by atoms with Gasteiger partial charge in [-0.1, -0.05) is 0 Å². The molecule has 0 spiro atoms. The minimum absolute atomic E-state index is 0.0495. The number of nitrogens with zero attached hydrogens (tertiary/aromatic N) is 2. The molecule has 1 aromatic heterocycles. The van der Waals surface area contributed by atoms with Gasteiger partial charge in [0.2, 0.25) is 0 Å². The molecule has 0 saturated heterocycles. The van der Waals surface area contributed by atoms with Crippen molar-refractivity contribution in [2.45, 2.75) is 13.0 Å². The van der Waals surface area contributed by atoms with Crippen LogP contribution in [0.4, 0.5) is 5.82 Å². The van der Waals surface area contributed by atoms with Crippen LogP contribution in [-0.4, -0.2) is 40.9 Å². The van der Waals surface area contributed by atoms with Crippen LogP contribution >= 0.6 is 0 Å². The molecule has 82 valence electrons. The average molecular weight is 210 g/mol. The number of aliphatic hydroxyl groups excluding tert-OH is 1. The second-order valence-corrected chi connectivity index (χ2v) is 3.32. The summed E-state index contributed by atoms with van der Waals surface area (Å²) in [6.07, 6.45) is 1.53. The molecular weight excluding hydrogens is 196 g/mol. The van der Waals surface area contributed by atoms with Crippen LogP contribution in [0.15, 0.2) is 18.3 Å². The number of carboxylic acids is 1. The third kappa shape index (κ3) is 2.44. The molecule has 1 heterocycles. The van der Waals surface area contributed by atoms with Crippen LogP contribution < -0.4 is 4.90 Å². The van der Waals surface area contributed by atoms with Crippen LogP contribution in [0.1, 0.15) is 17.3 Å². The number of anilines is 1. The fourth-order valence-corrected chi connectivity index (χ4v) is 1.18. The quantitative estimate of drug-likeness (QED) is 0.761. The maximum atomic E-state index is 10.9. The Kier molecular flexibility index (Phi) is 3.62. The fraction of sp³-hybridized carbons (Fsp3) is 0.400. The lowest BCUT2D eigenvalue weighted by molar-refractivity contribution is 0.0697. The number of carboxylic acid groups (broad SMARTS) is 1. The van der Waals surface area contributed by atoms with Crippen molar-refractivity contribution in [3.05, 3.63) is 23.9 Å². The topological polar surface area (TPSA) is 73.7 Å². The number of rotatable bonds is 4. The average Bonchev–Trinajstić information content (AvgIpc) is 2.27. The van der Waals surface area contributed by atoms with Gasteiger partial charge in [0.15, 0.2) is 0 Å². The van der Waals surface area contributed by atoms with E-state index >= 15 is 0 Å². The molecule has 0 amide bonds. The maximum Gasteiger partial charge on any atom is 0.339 e. The largest absolute Gasteiger partial charge is 0.478 e. The van der Waals surface area contributed by atoms with Crippen molar-refractivity contribution in [2.75, 3.05) is 18.6 Å². The molecule has 0 aromatic carbocycles. The molecule has 2 N–H and O–H groups in total. The Morgan fingerprint density at radius 3 is 2.87 bits per heavy atom. The first-order valence-corrected chi connectivity index (χ1v) is 4.60. The molecule has 5 heteroatoms. The summed E-state index contributed by atoms with van der Waals surface area (Å²) in [6.45, 7) is 1.74. The Morgan fingerprint density at radius 2 is 2.33 bits per heavy atom. The Labute approximate surface area is 88.0 Å². The second-order valence-electron chi connectivity index (χ2n) is 3.32. The van der Waals surface area contributed by atoms with E-state index < -0.39 is 5.97 Å². The van der Waals surface area contributed by atoms with Gasteiger partial charge in [-0.2, -0.15) is 0 Å². The van der Waals surface area contributed by atoms with Crippen molar-refractivity contribution in [1.29, 1.82) is 0 Å². The molecule has 5 nitrogen and oxygen atoms in total. The van der Waals surface area contributed by atoms with Gasteiger partial charge in [0.1, 0.15) is 11.4 Å². The zero-order chi connectivity index (χ0) is 11.4. The molecule has 0 fully saturated rings. The summed E-state index contributed by atoms with van der Waals surface area (Å²) in [5.41, 5.74) is 0.139. The van der Waals surface area contributed by atoms with E-state index in [4.69, 9.17) is 10.2 Å². The first kappa shape index (κ1) is 11.5. The SMILES string of the molecule is CC(CO)N(C)c1ncccc1C(=O)O. The van der Waals surface area contributed by atoms with Crippen LogP contribution in [0.3, 0.4) is 0 Å². The molecule has 1 rings (SSSR count). The van der Waals surface area contributed by atoms with Gasteiger partial charge >= 0.3 is 5.97 Å². The second kappa shape index (κ2) is 4.75. The molecule has 1 aromatic rings. The van der Waals surface area contributed by atoms with Gasteiger partial charge in [0.05, 0.1) is 12.6 Å². The van der Waals surface area contributed by atoms with Gasteiger partial charge in [-0.25, -0.2) is 9.78 Å². The number of hydrogen-bond acceptors (Lipinski definition) is 4. The molecule has 1 unspecified atom stereocenters. The van der Waals surface area contributed by atoms with Gasteiger partial charge in [-0.3, -0.25) is 0 Å². The van der Waals surface area contributed by atoms with Crippen LogP contribution in [0.2, 0.25) is 0 Å². The molecule has 0 aliphatic carbocycles. The van der Waals surface area contributed by atoms with Crippen molar-refractivity contribution in [3.63, 3.8) is 0 Å². The number of aromatic carboxylic acids is 1. The van der Waals surface area contributed by atoms with E-state index in [0.29, 0.717) is 5.82 Å². The van der Waals surface area contributed by atoms with Gasteiger partial charge in [0, 0.05) is 13.2 Å². The van der Waals surface area contributed by atoms with E-state index in [1.165, 1.54) is 12.3 Å². The first-order valence-electron chi connectivity index (χ1n) is 4.60. The zero-order valence-corrected chi connectivity index (χ0v) is 8.71. The van der Waals surface area contributed by atoms with E-state index in [-0.39, 0.29) is 18.2 Å². The van der Waals surface area contributed by atoms with Crippen molar-refractivity contribution >= 4 is 11.8 Å². The molecule has 1 atom stereocenters. The van der Waals surface area contributed by atoms with Gasteiger partial charge in [-0.15, -0.1) is 0 Å². The monoisotopic (exact) mass is 210 g/mol. The summed E-state index contributed by atoms with van der Waals surface area (Å²) in [5, 5.41) is 17.9. The molecule has 0 bridgehead atoms. The minimum Gasteiger partial charge on any atom is -0.478 e. The lowest BCUT2D eigenvalue weighted by atomic mass is 10.2. The van der Waals surface area contributed by atoms with Crippen LogP contribution in [0.5, 0.6) is 0 Å². The lowest BCUT2D eigenvalue weighted by Gasteiger charge is -2.25. The lowest BCUT2D eigenvalue weighted by Crippen LogP contribution is -2.33. The minimum atomic E-state index is -1.02. The van der Waals surface area contributed by atoms with Crippen molar-refractivity contribution < 1.29 is 15.0 Å². The van der Waals surface area contributed by atoms with Crippen LogP contribution in [0.25, 0.3) is 0 Å². The highest BCUT2D eigenvalue weighted by Gasteiger charge is 2.17. The number of carbonyl (C=O) groups is 1. The molecule has 0 aliphatic heterocycles. The van der Waals surface area contributed by atoms with Gasteiger partial charge in [-0.05, 0) is 19.1 Å². The third-order valence-electron chi connectivity index (χ3n) is 2.28. The molecule has 0 aliphatic rings. The summed E-state index contributed by atoms with van der Waals surface area (Å²) < 4.78 is 0. The summed E-state index contributed by atoms with van der Waals surface area (Å²) in [6, 6.07) is 2.90. The summed E-state index contributed by atoms with van der Waals surface area (Å²) >= 11 is 0. The van der Waals surface area contributed by atoms with E-state index in [2.05, 4.69) is 4.98 Å². The predicted molar refractivity (Wildman–Crippen MR) is 56.1 cm³/mol. The van der Waals surface area contributed by atoms with Crippen LogP contribution in [0, 0.1) is 0 Å².